The topological polar surface area (TPSA) is 55.9 Å². The van der Waals surface area contributed by atoms with E-state index in [1.165, 1.54) is 0 Å². The van der Waals surface area contributed by atoms with Crippen molar-refractivity contribution in [3.05, 3.63) is 40.8 Å². The molecule has 1 atom stereocenters. The molecule has 2 aromatic rings. The van der Waals surface area contributed by atoms with Gasteiger partial charge in [-0.15, -0.1) is 0 Å². The molecular formula is C16H23FN4. The van der Waals surface area contributed by atoms with Crippen LogP contribution in [0.4, 0.5) is 15.9 Å². The first-order chi connectivity index (χ1) is 9.81. The first-order valence-electron chi connectivity index (χ1n) is 7.18. The van der Waals surface area contributed by atoms with Gasteiger partial charge in [0, 0.05) is 6.04 Å². The number of nitrogens with zero attached hydrogens (tertiary/aromatic N) is 2. The molecule has 2 rings (SSSR count). The van der Waals surface area contributed by atoms with Gasteiger partial charge < -0.3 is 11.1 Å². The Hall–Kier alpha value is -2.04. The molecule has 5 heteroatoms. The van der Waals surface area contributed by atoms with Gasteiger partial charge in [-0.2, -0.15) is 5.10 Å². The number of nitrogens with two attached hydrogens (primary N) is 1. The average molecular weight is 290 g/mol. The molecule has 114 valence electrons. The predicted molar refractivity (Wildman–Crippen MR) is 84.9 cm³/mol. The molecule has 0 fully saturated rings. The normalized spacial score (nSPS) is 12.7. The van der Waals surface area contributed by atoms with E-state index in [0.717, 1.165) is 17.1 Å². The molecule has 3 N–H and O–H groups in total. The molecule has 1 heterocycles. The molecule has 0 aliphatic heterocycles. The second-order valence-electron chi connectivity index (χ2n) is 5.76. The molecule has 0 saturated heterocycles. The molecular weight excluding hydrogens is 267 g/mol. The second-order valence-corrected chi connectivity index (χ2v) is 5.76. The summed E-state index contributed by atoms with van der Waals surface area (Å²) in [5.41, 5.74) is 9.07. The zero-order valence-electron chi connectivity index (χ0n) is 13.2. The molecule has 0 aliphatic rings. The summed E-state index contributed by atoms with van der Waals surface area (Å²) in [5.74, 6) is 0.596. The lowest BCUT2D eigenvalue weighted by atomic mass is 10.1. The van der Waals surface area contributed by atoms with Crippen LogP contribution < -0.4 is 11.1 Å². The first kappa shape index (κ1) is 15.4. The maximum Gasteiger partial charge on any atom is 0.148 e. The Morgan fingerprint density at radius 2 is 1.90 bits per heavy atom. The van der Waals surface area contributed by atoms with Crippen LogP contribution in [0.2, 0.25) is 0 Å². The number of hydrogen-bond acceptors (Lipinski definition) is 3. The Bertz CT molecular complexity index is 646. The molecule has 4 nitrogen and oxygen atoms in total. The Kier molecular flexibility index (Phi) is 4.21. The van der Waals surface area contributed by atoms with E-state index < -0.39 is 0 Å². The van der Waals surface area contributed by atoms with Gasteiger partial charge >= 0.3 is 0 Å². The highest BCUT2D eigenvalue weighted by atomic mass is 19.1. The van der Waals surface area contributed by atoms with Crippen LogP contribution in [0.25, 0.3) is 0 Å². The van der Waals surface area contributed by atoms with Crippen LogP contribution in [0.5, 0.6) is 0 Å². The van der Waals surface area contributed by atoms with E-state index in [1.54, 1.807) is 19.1 Å². The van der Waals surface area contributed by atoms with E-state index in [1.807, 2.05) is 38.4 Å². The van der Waals surface area contributed by atoms with Gasteiger partial charge in [-0.3, -0.25) is 0 Å². The minimum atomic E-state index is -0.192. The van der Waals surface area contributed by atoms with Crippen molar-refractivity contribution < 1.29 is 4.39 Å². The highest BCUT2D eigenvalue weighted by Gasteiger charge is 2.17. The summed E-state index contributed by atoms with van der Waals surface area (Å²) in [4.78, 5) is 0. The fourth-order valence-electron chi connectivity index (χ4n) is 2.24. The molecule has 0 bridgehead atoms. The molecule has 0 saturated carbocycles. The summed E-state index contributed by atoms with van der Waals surface area (Å²) in [6.07, 6.45) is 0. The van der Waals surface area contributed by atoms with Crippen molar-refractivity contribution in [2.45, 2.75) is 46.7 Å². The second kappa shape index (κ2) is 5.76. The van der Waals surface area contributed by atoms with Crippen molar-refractivity contribution in [2.24, 2.45) is 0 Å². The van der Waals surface area contributed by atoms with Crippen LogP contribution in [0.15, 0.2) is 18.2 Å². The van der Waals surface area contributed by atoms with E-state index in [-0.39, 0.29) is 17.9 Å². The van der Waals surface area contributed by atoms with Crippen molar-refractivity contribution in [1.82, 2.24) is 9.78 Å². The van der Waals surface area contributed by atoms with E-state index >= 15 is 0 Å². The fraction of sp³-hybridized carbons (Fsp3) is 0.438. The van der Waals surface area contributed by atoms with Crippen LogP contribution in [-0.4, -0.2) is 9.78 Å². The highest BCUT2D eigenvalue weighted by Crippen LogP contribution is 2.29. The monoisotopic (exact) mass is 290 g/mol. The molecule has 1 aromatic carbocycles. The highest BCUT2D eigenvalue weighted by molar-refractivity contribution is 5.65. The van der Waals surface area contributed by atoms with E-state index in [4.69, 9.17) is 5.73 Å². The minimum absolute atomic E-state index is 0.0593. The summed E-state index contributed by atoms with van der Waals surface area (Å²) in [5, 5.41) is 7.80. The van der Waals surface area contributed by atoms with Gasteiger partial charge in [-0.1, -0.05) is 12.1 Å². The number of nitrogen functional groups attached to an aromatic ring is 1. The van der Waals surface area contributed by atoms with Crippen LogP contribution in [0.1, 0.15) is 49.7 Å². The van der Waals surface area contributed by atoms with Gasteiger partial charge in [0.15, 0.2) is 0 Å². The zero-order chi connectivity index (χ0) is 15.7. The number of aromatic nitrogens is 2. The van der Waals surface area contributed by atoms with Gasteiger partial charge in [-0.05, 0) is 51.8 Å². The third-order valence-corrected chi connectivity index (χ3v) is 3.67. The third-order valence-electron chi connectivity index (χ3n) is 3.67. The Morgan fingerprint density at radius 1 is 1.24 bits per heavy atom. The van der Waals surface area contributed by atoms with Gasteiger partial charge in [-0.25, -0.2) is 9.07 Å². The maximum absolute atomic E-state index is 13.7. The number of rotatable bonds is 4. The van der Waals surface area contributed by atoms with Crippen molar-refractivity contribution in [3.8, 4) is 0 Å². The summed E-state index contributed by atoms with van der Waals surface area (Å²) in [6.45, 7) is 9.72. The molecule has 0 radical (unpaired) electrons. The molecule has 0 aliphatic carbocycles. The lowest BCUT2D eigenvalue weighted by Crippen LogP contribution is -2.14. The smallest absolute Gasteiger partial charge is 0.148 e. The van der Waals surface area contributed by atoms with Gasteiger partial charge in [0.05, 0.1) is 17.4 Å². The number of nitrogens with one attached hydrogen (secondary N) is 1. The summed E-state index contributed by atoms with van der Waals surface area (Å²) >= 11 is 0. The Balaban J connectivity index is 2.31. The van der Waals surface area contributed by atoms with Gasteiger partial charge in [0.2, 0.25) is 0 Å². The van der Waals surface area contributed by atoms with Crippen LogP contribution in [0, 0.1) is 19.7 Å². The fourth-order valence-corrected chi connectivity index (χ4v) is 2.24. The van der Waals surface area contributed by atoms with Gasteiger partial charge in [0.25, 0.3) is 0 Å². The van der Waals surface area contributed by atoms with Crippen molar-refractivity contribution in [2.75, 3.05) is 11.1 Å². The first-order valence-corrected chi connectivity index (χ1v) is 7.18. The zero-order valence-corrected chi connectivity index (χ0v) is 13.2. The third kappa shape index (κ3) is 3.01. The van der Waals surface area contributed by atoms with Crippen LogP contribution in [0.3, 0.4) is 0 Å². The number of aryl methyl sites for hydroxylation is 2. The summed E-state index contributed by atoms with van der Waals surface area (Å²) in [6, 6.07) is 5.42. The Labute approximate surface area is 125 Å². The summed E-state index contributed by atoms with van der Waals surface area (Å²) < 4.78 is 15.6. The maximum atomic E-state index is 13.7. The SMILES string of the molecule is Cc1ccc(C(C)Nc2c(N)c(C)nn2C(C)C)cc1F. The summed E-state index contributed by atoms with van der Waals surface area (Å²) in [7, 11) is 0. The number of anilines is 2. The van der Waals surface area contributed by atoms with Crippen LogP contribution >= 0.6 is 0 Å². The van der Waals surface area contributed by atoms with E-state index in [9.17, 15) is 4.39 Å². The van der Waals surface area contributed by atoms with Crippen LogP contribution in [-0.2, 0) is 0 Å². The van der Waals surface area contributed by atoms with Crippen molar-refractivity contribution >= 4 is 11.5 Å². The van der Waals surface area contributed by atoms with E-state index in [0.29, 0.717) is 11.3 Å². The molecule has 1 unspecified atom stereocenters. The number of benzene rings is 1. The minimum Gasteiger partial charge on any atom is -0.394 e. The van der Waals surface area contributed by atoms with Crippen molar-refractivity contribution in [3.63, 3.8) is 0 Å². The lowest BCUT2D eigenvalue weighted by molar-refractivity contribution is 0.532. The largest absolute Gasteiger partial charge is 0.394 e. The molecule has 1 aromatic heterocycles. The molecule has 0 spiro atoms. The number of hydrogen-bond donors (Lipinski definition) is 2. The molecule has 0 amide bonds. The average Bonchev–Trinajstić information content (AvgIpc) is 2.70. The standard InChI is InChI=1S/C16H23FN4/c1-9(2)21-16(15(18)12(5)20-21)19-11(4)13-7-6-10(3)14(17)8-13/h6-9,11,19H,18H2,1-5H3. The quantitative estimate of drug-likeness (QED) is 0.895. The lowest BCUT2D eigenvalue weighted by Gasteiger charge is -2.19. The predicted octanol–water partition coefficient (Wildman–Crippen LogP) is 3.98. The Morgan fingerprint density at radius 3 is 2.48 bits per heavy atom. The number of halogens is 1. The molecule has 21 heavy (non-hydrogen) atoms. The van der Waals surface area contributed by atoms with E-state index in [2.05, 4.69) is 10.4 Å². The van der Waals surface area contributed by atoms with Crippen molar-refractivity contribution in [1.29, 1.82) is 0 Å². The van der Waals surface area contributed by atoms with Gasteiger partial charge in [0.1, 0.15) is 11.6 Å².